The lowest BCUT2D eigenvalue weighted by Crippen LogP contribution is -2.46. The molecular formula is C16H18N6O. The topological polar surface area (TPSA) is 75.5 Å². The van der Waals surface area contributed by atoms with Crippen LogP contribution in [0.1, 0.15) is 13.3 Å². The predicted octanol–water partition coefficient (Wildman–Crippen LogP) is 1.29. The van der Waals surface area contributed by atoms with Crippen molar-refractivity contribution in [3.63, 3.8) is 0 Å². The lowest BCUT2D eigenvalue weighted by molar-refractivity contribution is 0.0355. The number of benzene rings is 1. The van der Waals surface area contributed by atoms with E-state index in [-0.39, 0.29) is 5.60 Å². The number of anilines is 1. The number of nitrogens with zero attached hydrogens (tertiary/aromatic N) is 5. The zero-order chi connectivity index (χ0) is 15.4. The van der Waals surface area contributed by atoms with E-state index in [0.717, 1.165) is 17.6 Å². The van der Waals surface area contributed by atoms with Crippen LogP contribution in [0.3, 0.4) is 0 Å². The summed E-state index contributed by atoms with van der Waals surface area (Å²) in [5, 5.41) is 11.4. The second kappa shape index (κ2) is 4.61. The van der Waals surface area contributed by atoms with Gasteiger partial charge in [-0.1, -0.05) is 12.1 Å². The third-order valence-electron chi connectivity index (χ3n) is 5.40. The number of hydrogen-bond acceptors (Lipinski definition) is 7. The van der Waals surface area contributed by atoms with Crippen LogP contribution in [0, 0.1) is 5.92 Å². The Balaban J connectivity index is 1.35. The highest BCUT2D eigenvalue weighted by molar-refractivity contribution is 5.89. The van der Waals surface area contributed by atoms with Crippen LogP contribution in [0.4, 0.5) is 5.95 Å². The lowest BCUT2D eigenvalue weighted by atomic mass is 9.85. The van der Waals surface area contributed by atoms with E-state index in [1.165, 1.54) is 13.0 Å². The molecule has 7 heteroatoms. The Bertz CT molecular complexity index is 808. The van der Waals surface area contributed by atoms with Crippen molar-refractivity contribution in [1.29, 1.82) is 0 Å². The van der Waals surface area contributed by atoms with Crippen molar-refractivity contribution in [3.8, 4) is 0 Å². The maximum Gasteiger partial charge on any atom is 0.292 e. The van der Waals surface area contributed by atoms with Gasteiger partial charge in [0.1, 0.15) is 11.1 Å². The molecule has 4 atom stereocenters. The first-order chi connectivity index (χ1) is 11.2. The Morgan fingerprint density at radius 3 is 2.91 bits per heavy atom. The van der Waals surface area contributed by atoms with Crippen molar-refractivity contribution in [1.82, 2.24) is 20.1 Å². The minimum Gasteiger partial charge on any atom is -0.455 e. The molecule has 3 aliphatic heterocycles. The fraction of sp³-hybridized carbons (Fsp3) is 0.500. The SMILES string of the molecule is C[C@@H]1[C@H]2CCN1C[C@@]21CN=C(Nc2nnc3ccccc3n2)O1. The molecular weight excluding hydrogens is 292 g/mol. The van der Waals surface area contributed by atoms with Gasteiger partial charge >= 0.3 is 0 Å². The van der Waals surface area contributed by atoms with Gasteiger partial charge in [0.15, 0.2) is 0 Å². The van der Waals surface area contributed by atoms with Gasteiger partial charge in [-0.05, 0) is 32.0 Å². The van der Waals surface area contributed by atoms with Crippen LogP contribution >= 0.6 is 0 Å². The molecule has 118 valence electrons. The van der Waals surface area contributed by atoms with E-state index in [1.54, 1.807) is 0 Å². The molecule has 23 heavy (non-hydrogen) atoms. The Hall–Kier alpha value is -2.28. The molecule has 1 aromatic carbocycles. The molecule has 0 amide bonds. The number of aromatic nitrogens is 3. The van der Waals surface area contributed by atoms with Gasteiger partial charge in [0.05, 0.1) is 12.1 Å². The van der Waals surface area contributed by atoms with Gasteiger partial charge in [-0.3, -0.25) is 10.2 Å². The summed E-state index contributed by atoms with van der Waals surface area (Å²) in [6.07, 6.45) is 1.19. The highest BCUT2D eigenvalue weighted by atomic mass is 16.5. The monoisotopic (exact) mass is 310 g/mol. The maximum absolute atomic E-state index is 6.22. The number of rotatable bonds is 1. The van der Waals surface area contributed by atoms with Crippen LogP contribution in [-0.2, 0) is 4.74 Å². The predicted molar refractivity (Wildman–Crippen MR) is 86.2 cm³/mol. The van der Waals surface area contributed by atoms with Crippen LogP contribution in [0.25, 0.3) is 11.0 Å². The summed E-state index contributed by atoms with van der Waals surface area (Å²) in [5.41, 5.74) is 1.42. The number of para-hydroxylation sites is 1. The summed E-state index contributed by atoms with van der Waals surface area (Å²) in [4.78, 5) is 11.5. The number of ether oxygens (including phenoxy) is 1. The van der Waals surface area contributed by atoms with Crippen LogP contribution in [-0.4, -0.2) is 57.4 Å². The summed E-state index contributed by atoms with van der Waals surface area (Å²) in [5.74, 6) is 0.984. The standard InChI is InChI=1S/C16H18N6O/c1-10-11-6-7-22(10)9-16(11)8-17-15(23-16)19-14-18-12-4-2-3-5-13(12)20-21-14/h2-5,10-11H,6-9H2,1H3,(H,17,18,19,21)/t10-,11-,16+/m1/s1. The number of amidine groups is 1. The molecule has 1 aromatic heterocycles. The largest absolute Gasteiger partial charge is 0.455 e. The van der Waals surface area contributed by atoms with E-state index in [9.17, 15) is 0 Å². The number of fused-ring (bicyclic) bond motifs is 4. The third kappa shape index (κ3) is 1.92. The van der Waals surface area contributed by atoms with E-state index in [1.807, 2.05) is 24.3 Å². The molecule has 2 saturated heterocycles. The molecule has 1 N–H and O–H groups in total. The molecule has 3 aliphatic rings. The molecule has 7 nitrogen and oxygen atoms in total. The molecule has 2 aromatic rings. The quantitative estimate of drug-likeness (QED) is 0.855. The van der Waals surface area contributed by atoms with Crippen molar-refractivity contribution in [2.45, 2.75) is 25.0 Å². The van der Waals surface area contributed by atoms with Crippen molar-refractivity contribution in [2.24, 2.45) is 10.9 Å². The van der Waals surface area contributed by atoms with Gasteiger partial charge in [-0.25, -0.2) is 9.98 Å². The van der Waals surface area contributed by atoms with E-state index in [0.29, 0.717) is 30.5 Å². The summed E-state index contributed by atoms with van der Waals surface area (Å²) < 4.78 is 6.22. The van der Waals surface area contributed by atoms with Gasteiger partial charge in [0.25, 0.3) is 12.0 Å². The van der Waals surface area contributed by atoms with E-state index in [4.69, 9.17) is 4.74 Å². The Morgan fingerprint density at radius 2 is 2.13 bits per heavy atom. The van der Waals surface area contributed by atoms with Gasteiger partial charge < -0.3 is 4.74 Å². The smallest absolute Gasteiger partial charge is 0.292 e. The average Bonchev–Trinajstić information content (AvgIpc) is 3.20. The Labute approximate surface area is 133 Å². The van der Waals surface area contributed by atoms with Gasteiger partial charge in [0.2, 0.25) is 0 Å². The molecule has 1 unspecified atom stereocenters. The third-order valence-corrected chi connectivity index (χ3v) is 5.40. The molecule has 2 fully saturated rings. The fourth-order valence-corrected chi connectivity index (χ4v) is 4.22. The molecule has 0 aliphatic carbocycles. The second-order valence-corrected chi connectivity index (χ2v) is 6.64. The molecule has 1 spiro atoms. The van der Waals surface area contributed by atoms with Crippen molar-refractivity contribution in [2.75, 3.05) is 25.0 Å². The van der Waals surface area contributed by atoms with Crippen LogP contribution in [0.15, 0.2) is 29.3 Å². The van der Waals surface area contributed by atoms with Gasteiger partial charge in [-0.15, -0.1) is 10.2 Å². The summed E-state index contributed by atoms with van der Waals surface area (Å²) in [6, 6.07) is 8.77. The highest BCUT2D eigenvalue weighted by Crippen LogP contribution is 2.45. The fourth-order valence-electron chi connectivity index (χ4n) is 4.22. The van der Waals surface area contributed by atoms with Gasteiger partial charge in [0, 0.05) is 18.5 Å². The molecule has 0 saturated carbocycles. The number of piperidine rings is 1. The summed E-state index contributed by atoms with van der Waals surface area (Å²) in [7, 11) is 0. The van der Waals surface area contributed by atoms with Crippen LogP contribution in [0.2, 0.25) is 0 Å². The summed E-state index contributed by atoms with van der Waals surface area (Å²) >= 11 is 0. The number of aliphatic imine (C=N–C) groups is 1. The zero-order valence-electron chi connectivity index (χ0n) is 12.9. The normalized spacial score (nSPS) is 34.8. The molecule has 4 heterocycles. The van der Waals surface area contributed by atoms with Crippen molar-refractivity contribution in [3.05, 3.63) is 24.3 Å². The number of nitrogens with one attached hydrogen (secondary N) is 1. The van der Waals surface area contributed by atoms with Crippen LogP contribution in [0.5, 0.6) is 0 Å². The number of hydrogen-bond donors (Lipinski definition) is 1. The van der Waals surface area contributed by atoms with Gasteiger partial charge in [-0.2, -0.15) is 0 Å². The first kappa shape index (κ1) is 13.2. The average molecular weight is 310 g/mol. The Morgan fingerprint density at radius 1 is 1.26 bits per heavy atom. The van der Waals surface area contributed by atoms with E-state index < -0.39 is 0 Å². The first-order valence-corrected chi connectivity index (χ1v) is 8.08. The lowest BCUT2D eigenvalue weighted by Gasteiger charge is -2.32. The Kier molecular flexibility index (Phi) is 2.64. The van der Waals surface area contributed by atoms with Crippen molar-refractivity contribution < 1.29 is 4.74 Å². The first-order valence-electron chi connectivity index (χ1n) is 8.08. The van der Waals surface area contributed by atoms with E-state index in [2.05, 4.69) is 37.3 Å². The highest BCUT2D eigenvalue weighted by Gasteiger charge is 2.58. The summed E-state index contributed by atoms with van der Waals surface area (Å²) in [6.45, 7) is 5.14. The maximum atomic E-state index is 6.22. The zero-order valence-corrected chi connectivity index (χ0v) is 12.9. The van der Waals surface area contributed by atoms with Crippen molar-refractivity contribution >= 4 is 23.0 Å². The molecule has 0 radical (unpaired) electrons. The second-order valence-electron chi connectivity index (χ2n) is 6.64. The molecule has 5 rings (SSSR count). The van der Waals surface area contributed by atoms with Crippen LogP contribution < -0.4 is 5.32 Å². The minimum absolute atomic E-state index is 0.162. The minimum atomic E-state index is -0.162. The molecule has 2 bridgehead atoms. The van der Waals surface area contributed by atoms with E-state index >= 15 is 0 Å².